The van der Waals surface area contributed by atoms with Gasteiger partial charge < -0.3 is 10.1 Å². The lowest BCUT2D eigenvalue weighted by atomic mass is 9.97. The second-order valence-electron chi connectivity index (χ2n) is 5.92. The van der Waals surface area contributed by atoms with E-state index in [4.69, 9.17) is 4.74 Å². The van der Waals surface area contributed by atoms with Gasteiger partial charge in [0.2, 0.25) is 0 Å². The molecular formula is C19H25NO. The first-order chi connectivity index (χ1) is 10.4. The van der Waals surface area contributed by atoms with Gasteiger partial charge in [0.15, 0.2) is 0 Å². The monoisotopic (exact) mass is 283 g/mol. The Morgan fingerprint density at radius 1 is 1.00 bits per heavy atom. The number of ether oxygens (including phenoxy) is 1. The second-order valence-corrected chi connectivity index (χ2v) is 5.92. The van der Waals surface area contributed by atoms with Gasteiger partial charge in [0.1, 0.15) is 0 Å². The standard InChI is InChI=1S/C19H25NO/c1-21-14-13-20-12-3-2-5-15-8-9-17-11-10-16-6-4-7-18(15)19(16)17/h4,6-9,20H,2-3,5,10-14H2,1H3. The summed E-state index contributed by atoms with van der Waals surface area (Å²) >= 11 is 0. The van der Waals surface area contributed by atoms with Gasteiger partial charge in [-0.2, -0.15) is 0 Å². The van der Waals surface area contributed by atoms with E-state index in [1.807, 2.05) is 0 Å². The highest BCUT2D eigenvalue weighted by molar-refractivity contribution is 5.93. The van der Waals surface area contributed by atoms with Crippen LogP contribution in [0.3, 0.4) is 0 Å². The maximum absolute atomic E-state index is 5.03. The van der Waals surface area contributed by atoms with Gasteiger partial charge in [0, 0.05) is 13.7 Å². The lowest BCUT2D eigenvalue weighted by Gasteiger charge is -2.09. The van der Waals surface area contributed by atoms with Gasteiger partial charge >= 0.3 is 0 Å². The smallest absolute Gasteiger partial charge is 0.0587 e. The molecule has 1 N–H and O–H groups in total. The van der Waals surface area contributed by atoms with Crippen LogP contribution in [0.25, 0.3) is 10.8 Å². The third kappa shape index (κ3) is 3.28. The molecule has 0 atom stereocenters. The largest absolute Gasteiger partial charge is 0.383 e. The molecule has 0 spiro atoms. The lowest BCUT2D eigenvalue weighted by molar-refractivity contribution is 0.199. The highest BCUT2D eigenvalue weighted by Gasteiger charge is 2.15. The number of unbranched alkanes of at least 4 members (excludes halogenated alkanes) is 1. The van der Waals surface area contributed by atoms with Crippen molar-refractivity contribution in [3.8, 4) is 0 Å². The van der Waals surface area contributed by atoms with Crippen molar-refractivity contribution in [1.29, 1.82) is 0 Å². The number of benzene rings is 2. The zero-order valence-electron chi connectivity index (χ0n) is 13.0. The number of rotatable bonds is 8. The Bertz CT molecular complexity index is 596. The lowest BCUT2D eigenvalue weighted by Crippen LogP contribution is -2.20. The average Bonchev–Trinajstić information content (AvgIpc) is 2.93. The normalized spacial score (nSPS) is 13.2. The van der Waals surface area contributed by atoms with Crippen LogP contribution in [0.2, 0.25) is 0 Å². The van der Waals surface area contributed by atoms with E-state index in [9.17, 15) is 0 Å². The molecule has 112 valence electrons. The van der Waals surface area contributed by atoms with Gasteiger partial charge in [-0.3, -0.25) is 0 Å². The number of methoxy groups -OCH3 is 1. The van der Waals surface area contributed by atoms with Crippen LogP contribution in [-0.2, 0) is 24.0 Å². The molecule has 2 heteroatoms. The Balaban J connectivity index is 1.58. The first-order valence-electron chi connectivity index (χ1n) is 8.12. The van der Waals surface area contributed by atoms with Gasteiger partial charge in [-0.1, -0.05) is 30.3 Å². The summed E-state index contributed by atoms with van der Waals surface area (Å²) in [5.41, 5.74) is 4.62. The van der Waals surface area contributed by atoms with Gasteiger partial charge in [0.25, 0.3) is 0 Å². The van der Waals surface area contributed by atoms with E-state index in [0.717, 1.165) is 19.7 Å². The molecule has 1 aliphatic rings. The number of hydrogen-bond acceptors (Lipinski definition) is 2. The molecule has 21 heavy (non-hydrogen) atoms. The number of hydrogen-bond donors (Lipinski definition) is 1. The van der Waals surface area contributed by atoms with Crippen LogP contribution in [0.4, 0.5) is 0 Å². The third-order valence-electron chi connectivity index (χ3n) is 4.50. The van der Waals surface area contributed by atoms with Crippen molar-refractivity contribution < 1.29 is 4.74 Å². The highest BCUT2D eigenvalue weighted by Crippen LogP contribution is 2.33. The van der Waals surface area contributed by atoms with E-state index in [2.05, 4.69) is 35.6 Å². The van der Waals surface area contributed by atoms with Crippen molar-refractivity contribution in [2.24, 2.45) is 0 Å². The average molecular weight is 283 g/mol. The van der Waals surface area contributed by atoms with E-state index < -0.39 is 0 Å². The SMILES string of the molecule is COCCNCCCCc1ccc2c3c(cccc13)CC2. The fourth-order valence-corrected chi connectivity index (χ4v) is 3.39. The first-order valence-corrected chi connectivity index (χ1v) is 8.12. The Kier molecular flexibility index (Phi) is 4.89. The number of nitrogens with one attached hydrogen (secondary N) is 1. The zero-order chi connectivity index (χ0) is 14.5. The van der Waals surface area contributed by atoms with Gasteiger partial charge in [0.05, 0.1) is 6.61 Å². The van der Waals surface area contributed by atoms with Gasteiger partial charge in [-0.05, 0) is 66.1 Å². The van der Waals surface area contributed by atoms with Crippen molar-refractivity contribution in [1.82, 2.24) is 5.32 Å². The van der Waals surface area contributed by atoms with Crippen molar-refractivity contribution >= 4 is 10.8 Å². The summed E-state index contributed by atoms with van der Waals surface area (Å²) in [7, 11) is 1.75. The van der Waals surface area contributed by atoms with Crippen LogP contribution in [0.5, 0.6) is 0 Å². The maximum Gasteiger partial charge on any atom is 0.0587 e. The van der Waals surface area contributed by atoms with E-state index in [-0.39, 0.29) is 0 Å². The van der Waals surface area contributed by atoms with Gasteiger partial charge in [-0.25, -0.2) is 0 Å². The molecule has 0 saturated heterocycles. The molecule has 0 saturated carbocycles. The summed E-state index contributed by atoms with van der Waals surface area (Å²) in [5, 5.41) is 6.46. The maximum atomic E-state index is 5.03. The van der Waals surface area contributed by atoms with Crippen LogP contribution in [0.1, 0.15) is 29.5 Å². The van der Waals surface area contributed by atoms with E-state index in [1.54, 1.807) is 23.6 Å². The second kappa shape index (κ2) is 7.06. The van der Waals surface area contributed by atoms with Crippen molar-refractivity contribution in [2.75, 3.05) is 26.8 Å². The van der Waals surface area contributed by atoms with Crippen LogP contribution < -0.4 is 5.32 Å². The molecule has 0 unspecified atom stereocenters. The molecule has 2 aromatic rings. The molecule has 0 amide bonds. The Hall–Kier alpha value is -1.38. The molecule has 2 aromatic carbocycles. The predicted octanol–water partition coefficient (Wildman–Crippen LogP) is 3.50. The minimum absolute atomic E-state index is 0.800. The van der Waals surface area contributed by atoms with Crippen LogP contribution in [0, 0.1) is 0 Å². The molecule has 0 heterocycles. The molecule has 1 aliphatic carbocycles. The Morgan fingerprint density at radius 2 is 1.86 bits per heavy atom. The predicted molar refractivity (Wildman–Crippen MR) is 89.0 cm³/mol. The fraction of sp³-hybridized carbons (Fsp3) is 0.474. The van der Waals surface area contributed by atoms with Crippen molar-refractivity contribution in [3.63, 3.8) is 0 Å². The minimum atomic E-state index is 0.800. The molecule has 0 bridgehead atoms. The van der Waals surface area contributed by atoms with Crippen LogP contribution in [0.15, 0.2) is 30.3 Å². The molecule has 3 rings (SSSR count). The summed E-state index contributed by atoms with van der Waals surface area (Å²) < 4.78 is 5.03. The molecule has 2 nitrogen and oxygen atoms in total. The summed E-state index contributed by atoms with van der Waals surface area (Å²) in [6.07, 6.45) is 6.11. The topological polar surface area (TPSA) is 21.3 Å². The highest BCUT2D eigenvalue weighted by atomic mass is 16.5. The van der Waals surface area contributed by atoms with E-state index >= 15 is 0 Å². The van der Waals surface area contributed by atoms with Crippen molar-refractivity contribution in [3.05, 3.63) is 47.0 Å². The van der Waals surface area contributed by atoms with Crippen molar-refractivity contribution in [2.45, 2.75) is 32.1 Å². The molecule has 0 radical (unpaired) electrons. The fourth-order valence-electron chi connectivity index (χ4n) is 3.39. The molecular weight excluding hydrogens is 258 g/mol. The Labute approximate surface area is 127 Å². The van der Waals surface area contributed by atoms with Gasteiger partial charge in [-0.15, -0.1) is 0 Å². The summed E-state index contributed by atoms with van der Waals surface area (Å²) in [6, 6.07) is 11.5. The van der Waals surface area contributed by atoms with E-state index in [1.165, 1.54) is 43.1 Å². The van der Waals surface area contributed by atoms with E-state index in [0.29, 0.717) is 0 Å². The molecule has 0 aromatic heterocycles. The summed E-state index contributed by atoms with van der Waals surface area (Å²) in [5.74, 6) is 0. The molecule has 0 fully saturated rings. The van der Waals surface area contributed by atoms with Crippen LogP contribution >= 0.6 is 0 Å². The Morgan fingerprint density at radius 3 is 2.71 bits per heavy atom. The quantitative estimate of drug-likeness (QED) is 0.749. The van der Waals surface area contributed by atoms with Crippen LogP contribution in [-0.4, -0.2) is 26.8 Å². The third-order valence-corrected chi connectivity index (χ3v) is 4.50. The minimum Gasteiger partial charge on any atom is -0.383 e. The number of aryl methyl sites for hydroxylation is 3. The molecule has 0 aliphatic heterocycles. The summed E-state index contributed by atoms with van der Waals surface area (Å²) in [6.45, 7) is 2.84. The summed E-state index contributed by atoms with van der Waals surface area (Å²) in [4.78, 5) is 0. The first kappa shape index (κ1) is 14.6. The zero-order valence-corrected chi connectivity index (χ0v) is 13.0.